The molecule has 0 saturated carbocycles. The average Bonchev–Trinajstić information content (AvgIpc) is 2.97. The van der Waals surface area contributed by atoms with E-state index in [1.807, 2.05) is 13.8 Å². The summed E-state index contributed by atoms with van der Waals surface area (Å²) >= 11 is 0. The number of phenols is 1. The van der Waals surface area contributed by atoms with Gasteiger partial charge < -0.3 is 18.9 Å². The number of cyclic esters (lactones) is 1. The van der Waals surface area contributed by atoms with Gasteiger partial charge in [-0.25, -0.2) is 4.79 Å². The number of phenolic OH excluding ortho intramolecular Hbond substituents is 1. The zero-order valence-corrected chi connectivity index (χ0v) is 15.3. The highest BCUT2D eigenvalue weighted by molar-refractivity contribution is 7.54. The topological polar surface area (TPSA) is 82.1 Å². The lowest BCUT2D eigenvalue weighted by Gasteiger charge is -2.16. The molecule has 0 saturated heterocycles. The first-order valence-corrected chi connectivity index (χ1v) is 9.50. The van der Waals surface area contributed by atoms with Gasteiger partial charge in [0, 0.05) is 25.3 Å². The third-order valence-corrected chi connectivity index (χ3v) is 6.14. The van der Waals surface area contributed by atoms with E-state index < -0.39 is 13.6 Å². The summed E-state index contributed by atoms with van der Waals surface area (Å²) in [4.78, 5) is 11.9. The molecule has 1 aromatic carbocycles. The number of carbonyl (C=O) groups excluding carboxylic acids is 1. The number of esters is 1. The van der Waals surface area contributed by atoms with Gasteiger partial charge in [-0.15, -0.1) is 0 Å². The van der Waals surface area contributed by atoms with Crippen molar-refractivity contribution in [2.24, 2.45) is 0 Å². The monoisotopic (exact) mass is 354 g/mol. The lowest BCUT2D eigenvalue weighted by Crippen LogP contribution is -2.04. The normalized spacial score (nSPS) is 14.2. The van der Waals surface area contributed by atoms with Gasteiger partial charge in [0.2, 0.25) is 0 Å². The van der Waals surface area contributed by atoms with Crippen LogP contribution in [0.1, 0.15) is 39.5 Å². The molecule has 0 aliphatic carbocycles. The van der Waals surface area contributed by atoms with Crippen LogP contribution in [0.3, 0.4) is 0 Å². The van der Waals surface area contributed by atoms with Crippen molar-refractivity contribution in [2.75, 3.05) is 20.4 Å². The van der Waals surface area contributed by atoms with Gasteiger partial charge in [0.15, 0.2) is 0 Å². The predicted octanol–water partition coefficient (Wildman–Crippen LogP) is 3.52. The molecule has 0 radical (unpaired) electrons. The Morgan fingerprint density at radius 3 is 2.50 bits per heavy atom. The van der Waals surface area contributed by atoms with Crippen molar-refractivity contribution in [3.63, 3.8) is 0 Å². The maximum Gasteiger partial charge on any atom is 0.342 e. The average molecular weight is 354 g/mol. The van der Waals surface area contributed by atoms with Gasteiger partial charge in [0.05, 0.1) is 6.16 Å². The first-order chi connectivity index (χ1) is 11.4. The second-order valence-corrected chi connectivity index (χ2v) is 7.87. The number of aromatic hydroxyl groups is 1. The second kappa shape index (κ2) is 7.51. The van der Waals surface area contributed by atoms with E-state index in [0.717, 1.165) is 23.1 Å². The Morgan fingerprint density at radius 1 is 1.25 bits per heavy atom. The quantitative estimate of drug-likeness (QED) is 0.458. The van der Waals surface area contributed by atoms with Crippen molar-refractivity contribution in [1.29, 1.82) is 0 Å². The summed E-state index contributed by atoms with van der Waals surface area (Å²) in [5, 5.41) is 10.5. The molecule has 1 aliphatic heterocycles. The second-order valence-electron chi connectivity index (χ2n) is 5.55. The molecular weight excluding hydrogens is 331 g/mol. The highest BCUT2D eigenvalue weighted by Gasteiger charge is 2.30. The molecule has 1 aromatic rings. The molecule has 0 fully saturated rings. The number of carbonyl (C=O) groups is 1. The van der Waals surface area contributed by atoms with Crippen LogP contribution in [0.5, 0.6) is 5.75 Å². The van der Waals surface area contributed by atoms with Crippen molar-refractivity contribution in [3.8, 4) is 5.75 Å². The molecule has 1 aliphatic rings. The largest absolute Gasteiger partial charge is 0.507 e. The molecule has 2 rings (SSSR count). The SMILES string of the molecule is CCc1c(C)c2c(c(O)c1CC=CCP(=O)(OC)OC)C(=O)OC2. The molecule has 132 valence electrons. The maximum absolute atomic E-state index is 12.0. The van der Waals surface area contributed by atoms with Crippen molar-refractivity contribution >= 4 is 13.6 Å². The van der Waals surface area contributed by atoms with E-state index >= 15 is 0 Å². The number of rotatable bonds is 7. The van der Waals surface area contributed by atoms with E-state index in [-0.39, 0.29) is 24.1 Å². The fourth-order valence-corrected chi connectivity index (χ4v) is 3.82. The number of allylic oxidation sites excluding steroid dienone is 2. The molecule has 0 bridgehead atoms. The Hall–Kier alpha value is -1.62. The summed E-state index contributed by atoms with van der Waals surface area (Å²) in [7, 11) is -0.405. The van der Waals surface area contributed by atoms with Gasteiger partial charge in [-0.05, 0) is 30.9 Å². The van der Waals surface area contributed by atoms with Gasteiger partial charge in [-0.1, -0.05) is 19.1 Å². The number of ether oxygens (including phenoxy) is 1. The Kier molecular flexibility index (Phi) is 5.86. The highest BCUT2D eigenvalue weighted by atomic mass is 31.2. The smallest absolute Gasteiger partial charge is 0.342 e. The highest BCUT2D eigenvalue weighted by Crippen LogP contribution is 2.46. The van der Waals surface area contributed by atoms with Crippen LogP contribution >= 0.6 is 7.60 Å². The summed E-state index contributed by atoms with van der Waals surface area (Å²) in [5.41, 5.74) is 3.74. The maximum atomic E-state index is 12.0. The third-order valence-electron chi connectivity index (χ3n) is 4.37. The molecule has 0 aromatic heterocycles. The number of benzene rings is 1. The number of hydrogen-bond acceptors (Lipinski definition) is 6. The third kappa shape index (κ3) is 3.41. The Balaban J connectivity index is 2.31. The molecule has 6 nitrogen and oxygen atoms in total. The van der Waals surface area contributed by atoms with Crippen molar-refractivity contribution < 1.29 is 28.3 Å². The van der Waals surface area contributed by atoms with E-state index in [1.165, 1.54) is 14.2 Å². The minimum atomic E-state index is -3.09. The van der Waals surface area contributed by atoms with Crippen LogP contribution in [-0.4, -0.2) is 31.5 Å². The van der Waals surface area contributed by atoms with Gasteiger partial charge in [0.25, 0.3) is 0 Å². The van der Waals surface area contributed by atoms with Crippen molar-refractivity contribution in [3.05, 3.63) is 40.0 Å². The van der Waals surface area contributed by atoms with Crippen molar-refractivity contribution in [2.45, 2.75) is 33.3 Å². The first-order valence-electron chi connectivity index (χ1n) is 7.77. The number of hydrogen-bond donors (Lipinski definition) is 1. The fourth-order valence-electron chi connectivity index (χ4n) is 2.97. The van der Waals surface area contributed by atoms with Crippen LogP contribution in [0.4, 0.5) is 0 Å². The van der Waals surface area contributed by atoms with E-state index in [1.54, 1.807) is 12.2 Å². The van der Waals surface area contributed by atoms with Crippen LogP contribution in [-0.2, 0) is 37.8 Å². The van der Waals surface area contributed by atoms with Gasteiger partial charge in [0.1, 0.15) is 17.9 Å². The summed E-state index contributed by atoms with van der Waals surface area (Å²) in [6, 6.07) is 0. The molecule has 0 amide bonds. The molecule has 1 heterocycles. The summed E-state index contributed by atoms with van der Waals surface area (Å²) in [6.07, 6.45) is 4.80. The summed E-state index contributed by atoms with van der Waals surface area (Å²) < 4.78 is 26.8. The molecule has 0 atom stereocenters. The van der Waals surface area contributed by atoms with E-state index in [4.69, 9.17) is 13.8 Å². The minimum absolute atomic E-state index is 0.0127. The Bertz CT molecular complexity index is 715. The fraction of sp³-hybridized carbons (Fsp3) is 0.471. The minimum Gasteiger partial charge on any atom is -0.507 e. The zero-order valence-electron chi connectivity index (χ0n) is 14.4. The summed E-state index contributed by atoms with van der Waals surface area (Å²) in [5.74, 6) is -0.497. The van der Waals surface area contributed by atoms with Gasteiger partial charge in [-0.3, -0.25) is 4.57 Å². The molecule has 0 spiro atoms. The van der Waals surface area contributed by atoms with E-state index in [2.05, 4.69) is 0 Å². The lowest BCUT2D eigenvalue weighted by molar-refractivity contribution is 0.0533. The van der Waals surface area contributed by atoms with Gasteiger partial charge >= 0.3 is 13.6 Å². The predicted molar refractivity (Wildman–Crippen MR) is 90.7 cm³/mol. The lowest BCUT2D eigenvalue weighted by atomic mass is 9.89. The summed E-state index contributed by atoms with van der Waals surface area (Å²) in [6.45, 7) is 4.15. The van der Waals surface area contributed by atoms with E-state index in [9.17, 15) is 14.5 Å². The molecule has 24 heavy (non-hydrogen) atoms. The first kappa shape index (κ1) is 18.7. The molecule has 7 heteroatoms. The standard InChI is InChI=1S/C17H23O6P/c1-5-12-11(2)14-10-23-17(19)15(14)16(18)13(12)8-6-7-9-24(20,21-3)22-4/h6-7,18H,5,8-10H2,1-4H3. The Labute approximate surface area is 142 Å². The van der Waals surface area contributed by atoms with Crippen LogP contribution in [0, 0.1) is 6.92 Å². The zero-order chi connectivity index (χ0) is 17.9. The van der Waals surface area contributed by atoms with Crippen molar-refractivity contribution in [1.82, 2.24) is 0 Å². The van der Waals surface area contributed by atoms with Crippen LogP contribution in [0.15, 0.2) is 12.2 Å². The number of fused-ring (bicyclic) bond motifs is 1. The molecule has 0 unspecified atom stereocenters. The van der Waals surface area contributed by atoms with Crippen LogP contribution < -0.4 is 0 Å². The molecule has 1 N–H and O–H groups in total. The van der Waals surface area contributed by atoms with Crippen LogP contribution in [0.2, 0.25) is 0 Å². The van der Waals surface area contributed by atoms with E-state index in [0.29, 0.717) is 12.0 Å². The van der Waals surface area contributed by atoms with Gasteiger partial charge in [-0.2, -0.15) is 0 Å². The van der Waals surface area contributed by atoms with Crippen LogP contribution in [0.25, 0.3) is 0 Å². The Morgan fingerprint density at radius 2 is 1.92 bits per heavy atom. The molecular formula is C17H23O6P.